The van der Waals surface area contributed by atoms with E-state index in [1.807, 2.05) is 12.3 Å². The van der Waals surface area contributed by atoms with Crippen molar-refractivity contribution in [1.82, 2.24) is 19.4 Å². The molecule has 5 nitrogen and oxygen atoms in total. The zero-order chi connectivity index (χ0) is 16.7. The molecule has 2 atom stereocenters. The second-order valence-corrected chi connectivity index (χ2v) is 6.83. The summed E-state index contributed by atoms with van der Waals surface area (Å²) in [4.78, 5) is 20.6. The minimum Gasteiger partial charge on any atom is -0.319 e. The van der Waals surface area contributed by atoms with E-state index < -0.39 is 0 Å². The van der Waals surface area contributed by atoms with Crippen molar-refractivity contribution in [2.24, 2.45) is 7.05 Å². The maximum atomic E-state index is 13.8. The first-order chi connectivity index (χ1) is 11.6. The number of piperazine rings is 1. The van der Waals surface area contributed by atoms with Gasteiger partial charge in [0.2, 0.25) is 0 Å². The van der Waals surface area contributed by atoms with E-state index in [0.717, 1.165) is 25.2 Å². The summed E-state index contributed by atoms with van der Waals surface area (Å²) in [6, 6.07) is 7.79. The normalized spacial score (nSPS) is 23.9. The molecule has 6 heteroatoms. The summed E-state index contributed by atoms with van der Waals surface area (Å²) in [5, 5.41) is 0. The average molecular weight is 328 g/mol. The van der Waals surface area contributed by atoms with E-state index in [2.05, 4.69) is 14.8 Å². The van der Waals surface area contributed by atoms with Crippen molar-refractivity contribution >= 4 is 0 Å². The largest absolute Gasteiger partial charge is 0.319 e. The van der Waals surface area contributed by atoms with Gasteiger partial charge in [-0.05, 0) is 30.2 Å². The average Bonchev–Trinajstić information content (AvgIpc) is 2.58. The van der Waals surface area contributed by atoms with Crippen molar-refractivity contribution in [1.29, 1.82) is 0 Å². The Labute approximate surface area is 140 Å². The molecule has 0 aromatic carbocycles. The third kappa shape index (κ3) is 2.87. The van der Waals surface area contributed by atoms with Gasteiger partial charge in [0, 0.05) is 63.8 Å². The molecule has 0 aliphatic carbocycles. The third-order valence-corrected chi connectivity index (χ3v) is 5.16. The summed E-state index contributed by atoms with van der Waals surface area (Å²) < 4.78 is 15.3. The smallest absolute Gasteiger partial charge is 0.250 e. The molecule has 2 bridgehead atoms. The summed E-state index contributed by atoms with van der Waals surface area (Å²) in [6.07, 6.45) is 4.65. The van der Waals surface area contributed by atoms with Crippen LogP contribution in [0.3, 0.4) is 0 Å². The maximum absolute atomic E-state index is 13.8. The first-order valence-electron chi connectivity index (χ1n) is 8.33. The van der Waals surface area contributed by atoms with Crippen LogP contribution >= 0.6 is 0 Å². The molecule has 5 rings (SSSR count). The van der Waals surface area contributed by atoms with Crippen LogP contribution in [0.15, 0.2) is 41.5 Å². The number of rotatable bonds is 4. The first-order valence-corrected chi connectivity index (χ1v) is 8.33. The quantitative estimate of drug-likeness (QED) is 0.850. The van der Waals surface area contributed by atoms with Crippen LogP contribution in [0.5, 0.6) is 0 Å². The van der Waals surface area contributed by atoms with Crippen molar-refractivity contribution in [2.45, 2.75) is 31.6 Å². The van der Waals surface area contributed by atoms with Gasteiger partial charge in [-0.15, -0.1) is 0 Å². The van der Waals surface area contributed by atoms with Crippen LogP contribution in [0.4, 0.5) is 4.39 Å². The number of fused-ring (bicyclic) bond motifs is 2. The van der Waals surface area contributed by atoms with Crippen molar-refractivity contribution in [3.8, 4) is 0 Å². The molecule has 2 aromatic rings. The lowest BCUT2D eigenvalue weighted by molar-refractivity contribution is -0.0780. The molecule has 3 aliphatic heterocycles. The van der Waals surface area contributed by atoms with Gasteiger partial charge in [-0.25, -0.2) is 4.39 Å². The number of halogens is 1. The number of aromatic nitrogens is 2. The molecule has 0 saturated carbocycles. The molecule has 5 heterocycles. The van der Waals surface area contributed by atoms with E-state index in [4.69, 9.17) is 0 Å². The zero-order valence-electron chi connectivity index (χ0n) is 13.7. The fourth-order valence-corrected chi connectivity index (χ4v) is 3.81. The molecular formula is C18H21FN4O. The van der Waals surface area contributed by atoms with Gasteiger partial charge < -0.3 is 4.57 Å². The van der Waals surface area contributed by atoms with Gasteiger partial charge in [0.1, 0.15) is 5.82 Å². The Morgan fingerprint density at radius 3 is 2.75 bits per heavy atom. The van der Waals surface area contributed by atoms with Crippen LogP contribution in [0.25, 0.3) is 0 Å². The van der Waals surface area contributed by atoms with Gasteiger partial charge in [0.15, 0.2) is 0 Å². The fraction of sp³-hybridized carbons (Fsp3) is 0.444. The molecule has 126 valence electrons. The lowest BCUT2D eigenvalue weighted by Crippen LogP contribution is -2.67. The Morgan fingerprint density at radius 2 is 2.04 bits per heavy atom. The van der Waals surface area contributed by atoms with E-state index in [0.29, 0.717) is 24.3 Å². The summed E-state index contributed by atoms with van der Waals surface area (Å²) in [7, 11) is 1.76. The highest BCUT2D eigenvalue weighted by Crippen LogP contribution is 2.34. The highest BCUT2D eigenvalue weighted by atomic mass is 19.1. The maximum Gasteiger partial charge on any atom is 0.250 e. The van der Waals surface area contributed by atoms with Gasteiger partial charge in [-0.2, -0.15) is 0 Å². The molecule has 2 aromatic heterocycles. The molecule has 2 unspecified atom stereocenters. The van der Waals surface area contributed by atoms with Gasteiger partial charge >= 0.3 is 0 Å². The van der Waals surface area contributed by atoms with E-state index in [9.17, 15) is 9.18 Å². The van der Waals surface area contributed by atoms with Gasteiger partial charge in [-0.1, -0.05) is 0 Å². The van der Waals surface area contributed by atoms with E-state index in [1.165, 1.54) is 12.5 Å². The number of pyridine rings is 2. The predicted molar refractivity (Wildman–Crippen MR) is 88.9 cm³/mol. The van der Waals surface area contributed by atoms with Crippen LogP contribution in [0, 0.1) is 5.82 Å². The third-order valence-electron chi connectivity index (χ3n) is 5.16. The highest BCUT2D eigenvalue weighted by molar-refractivity contribution is 5.14. The van der Waals surface area contributed by atoms with Gasteiger partial charge in [-0.3, -0.25) is 19.6 Å². The molecule has 0 radical (unpaired) electrons. The van der Waals surface area contributed by atoms with Crippen LogP contribution in [0.2, 0.25) is 0 Å². The zero-order valence-corrected chi connectivity index (χ0v) is 13.7. The minimum absolute atomic E-state index is 0.0328. The Bertz CT molecular complexity index is 794. The van der Waals surface area contributed by atoms with Crippen molar-refractivity contribution in [3.63, 3.8) is 0 Å². The Kier molecular flexibility index (Phi) is 3.94. The summed E-state index contributed by atoms with van der Waals surface area (Å²) in [5.74, 6) is -0.228. The second kappa shape index (κ2) is 6.11. The number of hydrogen-bond acceptors (Lipinski definition) is 4. The van der Waals surface area contributed by atoms with E-state index >= 15 is 0 Å². The van der Waals surface area contributed by atoms with Crippen molar-refractivity contribution in [3.05, 3.63) is 64.1 Å². The van der Waals surface area contributed by atoms with Crippen LogP contribution in [0.1, 0.15) is 17.7 Å². The number of hydrogen-bond donors (Lipinski definition) is 0. The number of nitrogens with zero attached hydrogens (tertiary/aromatic N) is 4. The topological polar surface area (TPSA) is 41.4 Å². The number of piperidine rings is 1. The lowest BCUT2D eigenvalue weighted by atomic mass is 9.86. The van der Waals surface area contributed by atoms with Crippen LogP contribution in [-0.4, -0.2) is 44.5 Å². The monoisotopic (exact) mass is 328 g/mol. The number of aryl methyl sites for hydroxylation is 1. The molecular weight excluding hydrogens is 307 g/mol. The molecule has 24 heavy (non-hydrogen) atoms. The summed E-state index contributed by atoms with van der Waals surface area (Å²) >= 11 is 0. The van der Waals surface area contributed by atoms with Gasteiger partial charge in [0.25, 0.3) is 5.56 Å². The Morgan fingerprint density at radius 1 is 1.25 bits per heavy atom. The molecule has 0 spiro atoms. The summed E-state index contributed by atoms with van der Waals surface area (Å²) in [5.41, 5.74) is 1.62. The standard InChI is InChI=1S/C18H21FN4O/c1-21-6-4-13(7-18(21)24)9-23-14-8-15(23)11-22(10-14)12-17-16(19)3-2-5-20-17/h2-7,14-15H,8-12H2,1H3. The molecule has 3 fully saturated rings. The van der Waals surface area contributed by atoms with Crippen LogP contribution < -0.4 is 5.56 Å². The molecule has 0 N–H and O–H groups in total. The van der Waals surface area contributed by atoms with Gasteiger partial charge in [0.05, 0.1) is 5.69 Å². The fourth-order valence-electron chi connectivity index (χ4n) is 3.81. The second-order valence-electron chi connectivity index (χ2n) is 6.83. The van der Waals surface area contributed by atoms with E-state index in [-0.39, 0.29) is 11.4 Å². The van der Waals surface area contributed by atoms with Crippen molar-refractivity contribution in [2.75, 3.05) is 13.1 Å². The Hall–Kier alpha value is -2.05. The predicted octanol–water partition coefficient (Wildman–Crippen LogP) is 1.38. The molecule has 3 aliphatic rings. The molecule has 3 saturated heterocycles. The first kappa shape index (κ1) is 15.5. The van der Waals surface area contributed by atoms with Crippen molar-refractivity contribution < 1.29 is 4.39 Å². The SMILES string of the molecule is Cn1ccc(CN2C3CC2CN(Cc2ncccc2F)C3)cc1=O. The highest BCUT2D eigenvalue weighted by Gasteiger charge is 2.44. The lowest BCUT2D eigenvalue weighted by Gasteiger charge is -2.56. The summed E-state index contributed by atoms with van der Waals surface area (Å²) in [6.45, 7) is 3.24. The Balaban J connectivity index is 1.39. The van der Waals surface area contributed by atoms with Crippen LogP contribution in [-0.2, 0) is 20.1 Å². The van der Waals surface area contributed by atoms with E-state index in [1.54, 1.807) is 29.9 Å². The molecule has 0 amide bonds. The minimum atomic E-state index is -0.228.